The van der Waals surface area contributed by atoms with E-state index in [0.717, 1.165) is 51.8 Å². The smallest absolute Gasteiger partial charge is 0.237 e. The van der Waals surface area contributed by atoms with E-state index in [4.69, 9.17) is 9.26 Å². The van der Waals surface area contributed by atoms with Crippen LogP contribution in [0.4, 0.5) is 0 Å². The van der Waals surface area contributed by atoms with Crippen LogP contribution in [0.15, 0.2) is 57.7 Å². The summed E-state index contributed by atoms with van der Waals surface area (Å²) in [5, 5.41) is 17.1. The fourth-order valence-corrected chi connectivity index (χ4v) is 5.39. The average Bonchev–Trinajstić information content (AvgIpc) is 3.64. The van der Waals surface area contributed by atoms with Crippen molar-refractivity contribution in [1.29, 1.82) is 0 Å². The number of hydrogen-bond acceptors (Lipinski definition) is 8. The molecule has 4 aromatic heterocycles. The molecule has 1 aliphatic heterocycles. The molecule has 8 nitrogen and oxygen atoms in total. The Kier molecular flexibility index (Phi) is 5.26. The Morgan fingerprint density at radius 3 is 3.03 bits per heavy atom. The first-order chi connectivity index (χ1) is 15.8. The van der Waals surface area contributed by atoms with Crippen molar-refractivity contribution in [1.82, 2.24) is 29.9 Å². The number of fused-ring (bicyclic) bond motifs is 1. The Bertz CT molecular complexity index is 1330. The molecule has 0 radical (unpaired) electrons. The lowest BCUT2D eigenvalue weighted by Crippen LogP contribution is -2.16. The minimum absolute atomic E-state index is 0.170. The van der Waals surface area contributed by atoms with Gasteiger partial charge in [-0.3, -0.25) is 4.57 Å². The summed E-state index contributed by atoms with van der Waals surface area (Å²) in [6.07, 6.45) is 4.30. The van der Waals surface area contributed by atoms with Gasteiger partial charge in [-0.15, -0.1) is 21.5 Å². The molecular weight excluding hydrogens is 444 g/mol. The lowest BCUT2D eigenvalue weighted by atomic mass is 10.1. The zero-order valence-corrected chi connectivity index (χ0v) is 18.7. The summed E-state index contributed by atoms with van der Waals surface area (Å²) in [7, 11) is 0. The maximum Gasteiger partial charge on any atom is 0.237 e. The fraction of sp³-hybridized carbons (Fsp3) is 0.273. The second-order valence-corrected chi connectivity index (χ2v) is 9.47. The summed E-state index contributed by atoms with van der Waals surface area (Å²) in [5.41, 5.74) is 2.12. The zero-order chi connectivity index (χ0) is 21.3. The first kappa shape index (κ1) is 19.7. The first-order valence-electron chi connectivity index (χ1n) is 10.5. The van der Waals surface area contributed by atoms with Gasteiger partial charge in [-0.1, -0.05) is 41.2 Å². The highest BCUT2D eigenvalue weighted by Crippen LogP contribution is 2.32. The Labute approximate surface area is 192 Å². The Morgan fingerprint density at radius 1 is 1.19 bits per heavy atom. The van der Waals surface area contributed by atoms with E-state index in [0.29, 0.717) is 24.0 Å². The molecule has 1 fully saturated rings. The standard InChI is InChI=1S/C22H20N6O2S2/c1-2-7-17-15(6-1)16(11-23-17)21-25-26-22(28(21)12-14-5-3-9-29-14)32-13-19-24-20(27-30-19)18-8-4-10-31-18/h1-2,4,6-8,10-11,14,23H,3,5,9,12-13H2. The van der Waals surface area contributed by atoms with Gasteiger partial charge in [-0.25, -0.2) is 0 Å². The minimum Gasteiger partial charge on any atom is -0.376 e. The number of rotatable bonds is 7. The third-order valence-corrected chi connectivity index (χ3v) is 7.31. The molecule has 162 valence electrons. The van der Waals surface area contributed by atoms with E-state index >= 15 is 0 Å². The number of nitrogens with zero attached hydrogens (tertiary/aromatic N) is 5. The van der Waals surface area contributed by atoms with E-state index < -0.39 is 0 Å². The van der Waals surface area contributed by atoms with Crippen molar-refractivity contribution < 1.29 is 9.26 Å². The molecule has 5 aromatic rings. The monoisotopic (exact) mass is 464 g/mol. The molecule has 10 heteroatoms. The van der Waals surface area contributed by atoms with Crippen molar-refractivity contribution >= 4 is 34.0 Å². The van der Waals surface area contributed by atoms with Crippen LogP contribution in [-0.2, 0) is 17.0 Å². The number of aromatic nitrogens is 6. The number of ether oxygens (including phenoxy) is 1. The highest BCUT2D eigenvalue weighted by Gasteiger charge is 2.23. The van der Waals surface area contributed by atoms with E-state index in [2.05, 4.69) is 42.0 Å². The highest BCUT2D eigenvalue weighted by atomic mass is 32.2. The van der Waals surface area contributed by atoms with Crippen LogP contribution in [0.5, 0.6) is 0 Å². The van der Waals surface area contributed by atoms with Crippen LogP contribution in [0.3, 0.4) is 0 Å². The number of hydrogen-bond donors (Lipinski definition) is 1. The number of benzene rings is 1. The van der Waals surface area contributed by atoms with Gasteiger partial charge in [0.1, 0.15) is 0 Å². The number of thiophene rings is 1. The van der Waals surface area contributed by atoms with E-state index in [9.17, 15) is 0 Å². The molecule has 1 unspecified atom stereocenters. The predicted octanol–water partition coefficient (Wildman–Crippen LogP) is 5.01. The number of thioether (sulfide) groups is 1. The molecule has 1 saturated heterocycles. The van der Waals surface area contributed by atoms with Crippen LogP contribution < -0.4 is 0 Å². The van der Waals surface area contributed by atoms with Crippen molar-refractivity contribution in [2.24, 2.45) is 0 Å². The molecule has 1 N–H and O–H groups in total. The van der Waals surface area contributed by atoms with Crippen LogP contribution in [0.2, 0.25) is 0 Å². The van der Waals surface area contributed by atoms with E-state index in [1.807, 2.05) is 35.8 Å². The number of H-pyrrole nitrogens is 1. The van der Waals surface area contributed by atoms with Gasteiger partial charge in [0.05, 0.1) is 23.3 Å². The third kappa shape index (κ3) is 3.74. The van der Waals surface area contributed by atoms with Gasteiger partial charge in [0.2, 0.25) is 11.7 Å². The molecule has 5 heterocycles. The molecule has 1 atom stereocenters. The van der Waals surface area contributed by atoms with Crippen LogP contribution in [0, 0.1) is 0 Å². The van der Waals surface area contributed by atoms with Gasteiger partial charge in [0, 0.05) is 29.3 Å². The third-order valence-electron chi connectivity index (χ3n) is 5.49. The van der Waals surface area contributed by atoms with Crippen molar-refractivity contribution in [2.45, 2.75) is 36.4 Å². The van der Waals surface area contributed by atoms with Gasteiger partial charge >= 0.3 is 0 Å². The molecule has 1 aliphatic rings. The molecular formula is C22H20N6O2S2. The number of aromatic amines is 1. The summed E-state index contributed by atoms with van der Waals surface area (Å²) in [5.74, 6) is 2.55. The Balaban J connectivity index is 1.30. The molecule has 0 bridgehead atoms. The molecule has 1 aromatic carbocycles. The van der Waals surface area contributed by atoms with Crippen molar-refractivity contribution in [3.05, 3.63) is 53.9 Å². The van der Waals surface area contributed by atoms with E-state index in [1.54, 1.807) is 23.1 Å². The summed E-state index contributed by atoms with van der Waals surface area (Å²) in [6.45, 7) is 1.53. The zero-order valence-electron chi connectivity index (χ0n) is 17.1. The second-order valence-electron chi connectivity index (χ2n) is 7.58. The Morgan fingerprint density at radius 2 is 2.16 bits per heavy atom. The summed E-state index contributed by atoms with van der Waals surface area (Å²) >= 11 is 3.14. The SMILES string of the molecule is c1csc(-c2noc(CSc3nnc(-c4c[nH]c5ccccc45)n3CC3CCCO3)n2)c1. The van der Waals surface area contributed by atoms with Gasteiger partial charge < -0.3 is 14.2 Å². The average molecular weight is 465 g/mol. The number of nitrogens with one attached hydrogen (secondary N) is 1. The highest BCUT2D eigenvalue weighted by molar-refractivity contribution is 7.98. The van der Waals surface area contributed by atoms with Gasteiger partial charge in [0.15, 0.2) is 11.0 Å². The van der Waals surface area contributed by atoms with Crippen LogP contribution >= 0.6 is 23.1 Å². The van der Waals surface area contributed by atoms with Crippen molar-refractivity contribution in [3.63, 3.8) is 0 Å². The maximum atomic E-state index is 5.92. The normalized spacial score (nSPS) is 16.3. The first-order valence-corrected chi connectivity index (χ1v) is 12.3. The quantitative estimate of drug-likeness (QED) is 0.338. The Hall–Kier alpha value is -2.95. The molecule has 0 saturated carbocycles. The number of para-hydroxylation sites is 1. The molecule has 6 rings (SSSR count). The molecule has 0 amide bonds. The van der Waals surface area contributed by atoms with Crippen LogP contribution in [-0.4, -0.2) is 42.6 Å². The topological polar surface area (TPSA) is 94.7 Å². The van der Waals surface area contributed by atoms with Crippen molar-refractivity contribution in [2.75, 3.05) is 6.61 Å². The van der Waals surface area contributed by atoms with Gasteiger partial charge in [0.25, 0.3) is 0 Å². The van der Waals surface area contributed by atoms with Gasteiger partial charge in [-0.2, -0.15) is 4.98 Å². The lowest BCUT2D eigenvalue weighted by Gasteiger charge is -2.14. The molecule has 0 spiro atoms. The summed E-state index contributed by atoms with van der Waals surface area (Å²) in [6, 6.07) is 12.2. The summed E-state index contributed by atoms with van der Waals surface area (Å²) < 4.78 is 13.5. The minimum atomic E-state index is 0.170. The largest absolute Gasteiger partial charge is 0.376 e. The van der Waals surface area contributed by atoms with Gasteiger partial charge in [-0.05, 0) is 30.4 Å². The van der Waals surface area contributed by atoms with E-state index in [-0.39, 0.29) is 6.10 Å². The van der Waals surface area contributed by atoms with Crippen molar-refractivity contribution in [3.8, 4) is 22.1 Å². The lowest BCUT2D eigenvalue weighted by molar-refractivity contribution is 0.0953. The predicted molar refractivity (Wildman–Crippen MR) is 123 cm³/mol. The molecule has 0 aliphatic carbocycles. The second kappa shape index (κ2) is 8.53. The summed E-state index contributed by atoms with van der Waals surface area (Å²) in [4.78, 5) is 8.86. The fourth-order valence-electron chi connectivity index (χ4n) is 3.95. The van der Waals surface area contributed by atoms with Crippen LogP contribution in [0.25, 0.3) is 33.0 Å². The molecule has 32 heavy (non-hydrogen) atoms. The maximum absolute atomic E-state index is 5.92. The van der Waals surface area contributed by atoms with Crippen LogP contribution in [0.1, 0.15) is 18.7 Å². The van der Waals surface area contributed by atoms with E-state index in [1.165, 1.54) is 0 Å².